The Morgan fingerprint density at radius 1 is 1.39 bits per heavy atom. The third-order valence-corrected chi connectivity index (χ3v) is 5.10. The number of carbonyl (C=O) groups is 1. The van der Waals surface area contributed by atoms with Crippen LogP contribution in [0.15, 0.2) is 23.1 Å². The number of rotatable bonds is 4. The number of hydrogen-bond acceptors (Lipinski definition) is 3. The fourth-order valence-corrected chi connectivity index (χ4v) is 3.27. The Morgan fingerprint density at radius 3 is 2.39 bits per heavy atom. The molecule has 0 amide bonds. The molecule has 0 heterocycles. The molecule has 100 valence electrons. The van der Waals surface area contributed by atoms with Crippen molar-refractivity contribution < 1.29 is 18.3 Å². The van der Waals surface area contributed by atoms with Gasteiger partial charge in [0.2, 0.25) is 10.0 Å². The Morgan fingerprint density at radius 2 is 1.94 bits per heavy atom. The summed E-state index contributed by atoms with van der Waals surface area (Å²) in [7, 11) is -2.79. The summed E-state index contributed by atoms with van der Waals surface area (Å²) in [4.78, 5) is 10.6. The van der Waals surface area contributed by atoms with E-state index in [0.29, 0.717) is 5.02 Å². The lowest BCUT2D eigenvalue weighted by Gasteiger charge is -2.21. The zero-order valence-corrected chi connectivity index (χ0v) is 11.9. The van der Waals surface area contributed by atoms with Gasteiger partial charge < -0.3 is 5.11 Å². The third-order valence-electron chi connectivity index (χ3n) is 2.45. The Bertz CT molecular complexity index is 573. The number of halogens is 2. The number of hydrogen-bond donors (Lipinski definition) is 1. The van der Waals surface area contributed by atoms with Crippen molar-refractivity contribution in [2.24, 2.45) is 0 Å². The quantitative estimate of drug-likeness (QED) is 0.924. The Balaban J connectivity index is 3.25. The lowest BCUT2D eigenvalue weighted by Crippen LogP contribution is -2.40. The minimum atomic E-state index is -3.97. The average molecular weight is 312 g/mol. The third kappa shape index (κ3) is 2.95. The van der Waals surface area contributed by atoms with Crippen LogP contribution in [0.25, 0.3) is 0 Å². The van der Waals surface area contributed by atoms with Crippen LogP contribution in [-0.4, -0.2) is 36.9 Å². The van der Waals surface area contributed by atoms with Gasteiger partial charge in [-0.2, -0.15) is 4.31 Å². The van der Waals surface area contributed by atoms with Gasteiger partial charge in [0.15, 0.2) is 0 Å². The number of carboxylic acids is 1. The first-order valence-corrected chi connectivity index (χ1v) is 7.03. The van der Waals surface area contributed by atoms with Crippen molar-refractivity contribution in [1.82, 2.24) is 4.31 Å². The highest BCUT2D eigenvalue weighted by molar-refractivity contribution is 7.89. The molecule has 1 unspecified atom stereocenters. The summed E-state index contributed by atoms with van der Waals surface area (Å²) < 4.78 is 25.0. The minimum absolute atomic E-state index is 0.0491. The maximum absolute atomic E-state index is 12.1. The Labute approximate surface area is 115 Å². The van der Waals surface area contributed by atoms with E-state index in [2.05, 4.69) is 0 Å². The first-order chi connectivity index (χ1) is 8.17. The number of likely N-dealkylation sites (N-methyl/N-ethyl adjacent to an activating group) is 1. The predicted octanol–water partition coefficient (Wildman–Crippen LogP) is 2.09. The van der Waals surface area contributed by atoms with E-state index in [4.69, 9.17) is 28.3 Å². The molecule has 0 aromatic heterocycles. The summed E-state index contributed by atoms with van der Waals surface area (Å²) in [6, 6.07) is 2.71. The van der Waals surface area contributed by atoms with Gasteiger partial charge >= 0.3 is 5.97 Å². The van der Waals surface area contributed by atoms with Crippen LogP contribution in [0.5, 0.6) is 0 Å². The largest absolute Gasteiger partial charge is 0.480 e. The highest BCUT2D eigenvalue weighted by Crippen LogP contribution is 2.27. The van der Waals surface area contributed by atoms with Gasteiger partial charge in [-0.15, -0.1) is 0 Å². The molecule has 5 nitrogen and oxygen atoms in total. The van der Waals surface area contributed by atoms with Gasteiger partial charge in [0, 0.05) is 12.1 Å². The van der Waals surface area contributed by atoms with Crippen LogP contribution in [0.2, 0.25) is 10.0 Å². The first kappa shape index (κ1) is 15.2. The number of sulfonamides is 1. The van der Waals surface area contributed by atoms with Crippen molar-refractivity contribution >= 4 is 39.2 Å². The number of benzene rings is 1. The molecule has 0 spiro atoms. The molecule has 0 saturated carbocycles. The molecule has 1 N–H and O–H groups in total. The normalized spacial score (nSPS) is 13.6. The summed E-state index contributed by atoms with van der Waals surface area (Å²) in [6.07, 6.45) is 0. The van der Waals surface area contributed by atoms with Crippen molar-refractivity contribution in [1.29, 1.82) is 0 Å². The predicted molar refractivity (Wildman–Crippen MR) is 68.5 cm³/mol. The topological polar surface area (TPSA) is 74.7 Å². The molecule has 1 rings (SSSR count). The van der Waals surface area contributed by atoms with Gasteiger partial charge in [0.05, 0.1) is 5.02 Å². The Kier molecular flexibility index (Phi) is 4.61. The standard InChI is InChI=1S/C10H11Cl2NO4S/c1-6(10(14)15)13(2)18(16,17)9-4-3-7(11)5-8(9)12/h3-6H,1-2H3,(H,14,15). The summed E-state index contributed by atoms with van der Waals surface area (Å²) in [5, 5.41) is 9.07. The van der Waals surface area contributed by atoms with Crippen molar-refractivity contribution in [2.45, 2.75) is 17.9 Å². The van der Waals surface area contributed by atoms with E-state index in [9.17, 15) is 13.2 Å². The van der Waals surface area contributed by atoms with Crippen molar-refractivity contribution in [3.05, 3.63) is 28.2 Å². The van der Waals surface area contributed by atoms with Crippen LogP contribution in [0.3, 0.4) is 0 Å². The lowest BCUT2D eigenvalue weighted by atomic mass is 10.4. The second kappa shape index (κ2) is 5.44. The molecule has 8 heteroatoms. The van der Waals surface area contributed by atoms with Gasteiger partial charge in [0.25, 0.3) is 0 Å². The van der Waals surface area contributed by atoms with Crippen LogP contribution in [0, 0.1) is 0 Å². The van der Waals surface area contributed by atoms with Crippen LogP contribution in [-0.2, 0) is 14.8 Å². The van der Waals surface area contributed by atoms with E-state index >= 15 is 0 Å². The molecule has 0 aliphatic carbocycles. The maximum Gasteiger partial charge on any atom is 0.321 e. The van der Waals surface area contributed by atoms with Gasteiger partial charge in [-0.05, 0) is 25.1 Å². The molecule has 1 aromatic rings. The summed E-state index contributed by atoms with van der Waals surface area (Å²) >= 11 is 11.5. The van der Waals surface area contributed by atoms with E-state index in [1.807, 2.05) is 0 Å². The smallest absolute Gasteiger partial charge is 0.321 e. The van der Waals surface area contributed by atoms with Crippen LogP contribution in [0.1, 0.15) is 6.92 Å². The van der Waals surface area contributed by atoms with E-state index in [-0.39, 0.29) is 9.92 Å². The molecule has 0 aliphatic rings. The van der Waals surface area contributed by atoms with Crippen molar-refractivity contribution in [3.63, 3.8) is 0 Å². The number of nitrogens with zero attached hydrogens (tertiary/aromatic N) is 1. The van der Waals surface area contributed by atoms with Crippen LogP contribution in [0.4, 0.5) is 0 Å². The molecule has 1 aromatic carbocycles. The van der Waals surface area contributed by atoms with Crippen LogP contribution >= 0.6 is 23.2 Å². The molecular weight excluding hydrogens is 301 g/mol. The van der Waals surface area contributed by atoms with Gasteiger partial charge in [0.1, 0.15) is 10.9 Å². The van der Waals surface area contributed by atoms with E-state index in [1.54, 1.807) is 0 Å². The number of aliphatic carboxylic acids is 1. The average Bonchev–Trinajstić information content (AvgIpc) is 2.26. The fraction of sp³-hybridized carbons (Fsp3) is 0.300. The second-order valence-electron chi connectivity index (χ2n) is 3.61. The van der Waals surface area contributed by atoms with Crippen molar-refractivity contribution in [3.8, 4) is 0 Å². The second-order valence-corrected chi connectivity index (χ2v) is 6.42. The molecule has 1 atom stereocenters. The molecule has 0 aliphatic heterocycles. The van der Waals surface area contributed by atoms with Gasteiger partial charge in [-0.1, -0.05) is 23.2 Å². The van der Waals surface area contributed by atoms with Crippen molar-refractivity contribution in [2.75, 3.05) is 7.05 Å². The molecule has 0 radical (unpaired) electrons. The number of carboxylic acid groups (broad SMARTS) is 1. The van der Waals surface area contributed by atoms with Crippen LogP contribution < -0.4 is 0 Å². The minimum Gasteiger partial charge on any atom is -0.480 e. The summed E-state index contributed by atoms with van der Waals surface area (Å²) in [5.74, 6) is -1.24. The Hall–Kier alpha value is -0.820. The SMILES string of the molecule is CC(C(=O)O)N(C)S(=O)(=O)c1ccc(Cl)cc1Cl. The zero-order chi connectivity index (χ0) is 14.1. The van der Waals surface area contributed by atoms with E-state index in [1.165, 1.54) is 32.2 Å². The van der Waals surface area contributed by atoms with Gasteiger partial charge in [-0.25, -0.2) is 8.42 Å². The fourth-order valence-electron chi connectivity index (χ4n) is 1.20. The highest BCUT2D eigenvalue weighted by Gasteiger charge is 2.30. The molecule has 0 bridgehead atoms. The molecule has 0 fully saturated rings. The first-order valence-electron chi connectivity index (χ1n) is 4.84. The maximum atomic E-state index is 12.1. The molecule has 18 heavy (non-hydrogen) atoms. The highest BCUT2D eigenvalue weighted by atomic mass is 35.5. The summed E-state index contributed by atoms with van der Waals surface area (Å²) in [6.45, 7) is 1.27. The van der Waals surface area contributed by atoms with E-state index in [0.717, 1.165) is 4.31 Å². The zero-order valence-electron chi connectivity index (χ0n) is 9.59. The monoisotopic (exact) mass is 311 g/mol. The summed E-state index contributed by atoms with van der Waals surface area (Å²) in [5.41, 5.74) is 0. The lowest BCUT2D eigenvalue weighted by molar-refractivity contribution is -0.140. The van der Waals surface area contributed by atoms with E-state index < -0.39 is 22.0 Å². The molecule has 0 saturated heterocycles. The molecular formula is C10H11Cl2NO4S. The van der Waals surface area contributed by atoms with Gasteiger partial charge in [-0.3, -0.25) is 4.79 Å².